The number of hydrogen-bond donors (Lipinski definition) is 3. The molecule has 106 valence electrons. The fourth-order valence-corrected chi connectivity index (χ4v) is 1.68. The van der Waals surface area contributed by atoms with E-state index >= 15 is 0 Å². The van der Waals surface area contributed by atoms with E-state index in [0.29, 0.717) is 18.2 Å². The molecule has 1 aromatic rings. The van der Waals surface area contributed by atoms with Gasteiger partial charge in [-0.05, 0) is 27.2 Å². The molecule has 0 radical (unpaired) electrons. The Morgan fingerprint density at radius 1 is 1.26 bits per heavy atom. The van der Waals surface area contributed by atoms with E-state index in [0.717, 1.165) is 17.8 Å². The number of aryl methyl sites for hydroxylation is 1. The quantitative estimate of drug-likeness (QED) is 0.726. The van der Waals surface area contributed by atoms with Gasteiger partial charge in [-0.1, -0.05) is 6.92 Å². The first-order valence-electron chi connectivity index (χ1n) is 6.56. The van der Waals surface area contributed by atoms with Gasteiger partial charge >= 0.3 is 0 Å². The highest BCUT2D eigenvalue weighted by Gasteiger charge is 2.15. The zero-order valence-electron chi connectivity index (χ0n) is 12.3. The maximum Gasteiger partial charge on any atom is 0.242 e. The Bertz CT molecular complexity index is 447. The van der Waals surface area contributed by atoms with Crippen molar-refractivity contribution in [3.63, 3.8) is 0 Å². The van der Waals surface area contributed by atoms with Crippen molar-refractivity contribution in [1.29, 1.82) is 0 Å². The molecular formula is C13H23N5O. The fraction of sp³-hybridized carbons (Fsp3) is 0.615. The Balaban J connectivity index is 2.81. The minimum atomic E-state index is -0.329. The molecule has 0 saturated carbocycles. The third-order valence-corrected chi connectivity index (χ3v) is 2.79. The second-order valence-corrected chi connectivity index (χ2v) is 4.50. The topological polar surface area (TPSA) is 78.9 Å². The lowest BCUT2D eigenvalue weighted by Crippen LogP contribution is -2.38. The molecular weight excluding hydrogens is 242 g/mol. The van der Waals surface area contributed by atoms with Gasteiger partial charge in [0.15, 0.2) is 0 Å². The van der Waals surface area contributed by atoms with Crippen molar-refractivity contribution < 1.29 is 4.79 Å². The van der Waals surface area contributed by atoms with E-state index in [1.54, 1.807) is 0 Å². The second-order valence-electron chi connectivity index (χ2n) is 4.50. The van der Waals surface area contributed by atoms with Gasteiger partial charge in [-0.25, -0.2) is 9.97 Å². The third kappa shape index (κ3) is 4.08. The van der Waals surface area contributed by atoms with Crippen LogP contribution in [0.25, 0.3) is 0 Å². The van der Waals surface area contributed by atoms with E-state index in [-0.39, 0.29) is 11.9 Å². The van der Waals surface area contributed by atoms with Crippen LogP contribution in [0.1, 0.15) is 31.7 Å². The van der Waals surface area contributed by atoms with Crippen molar-refractivity contribution >= 4 is 17.5 Å². The first kappa shape index (κ1) is 15.2. The monoisotopic (exact) mass is 265 g/mol. The van der Waals surface area contributed by atoms with Crippen LogP contribution in [-0.2, 0) is 4.79 Å². The molecule has 0 bridgehead atoms. The number of aromatic nitrogens is 2. The SMILES string of the molecule is CCCNC(=O)C(C)Nc1nc(C)nc(NC)c1C. The first-order valence-corrected chi connectivity index (χ1v) is 6.56. The highest BCUT2D eigenvalue weighted by Crippen LogP contribution is 2.19. The number of carbonyl (C=O) groups excluding carboxylic acids is 1. The largest absolute Gasteiger partial charge is 0.373 e. The Labute approximate surface area is 114 Å². The smallest absolute Gasteiger partial charge is 0.242 e. The summed E-state index contributed by atoms with van der Waals surface area (Å²) in [5, 5.41) is 9.01. The molecule has 0 aliphatic rings. The van der Waals surface area contributed by atoms with E-state index in [1.807, 2.05) is 34.7 Å². The molecule has 1 unspecified atom stereocenters. The molecule has 1 amide bonds. The van der Waals surface area contributed by atoms with Gasteiger partial charge in [-0.2, -0.15) is 0 Å². The zero-order valence-corrected chi connectivity index (χ0v) is 12.3. The predicted octanol–water partition coefficient (Wildman–Crippen LogP) is 1.46. The lowest BCUT2D eigenvalue weighted by molar-refractivity contribution is -0.121. The zero-order chi connectivity index (χ0) is 14.4. The number of rotatable bonds is 6. The Kier molecular flexibility index (Phi) is 5.54. The van der Waals surface area contributed by atoms with E-state index in [4.69, 9.17) is 0 Å². The Hall–Kier alpha value is -1.85. The standard InChI is InChI=1S/C13H23N5O/c1-6-7-15-13(19)9(3)16-12-8(2)11(14-5)17-10(4)18-12/h9H,6-7H2,1-5H3,(H,15,19)(H2,14,16,17,18). The lowest BCUT2D eigenvalue weighted by atomic mass is 10.2. The van der Waals surface area contributed by atoms with Crippen molar-refractivity contribution in [3.8, 4) is 0 Å². The Morgan fingerprint density at radius 2 is 1.89 bits per heavy atom. The van der Waals surface area contributed by atoms with Crippen molar-refractivity contribution in [2.75, 3.05) is 24.2 Å². The molecule has 19 heavy (non-hydrogen) atoms. The summed E-state index contributed by atoms with van der Waals surface area (Å²) in [7, 11) is 1.82. The number of hydrogen-bond acceptors (Lipinski definition) is 5. The van der Waals surface area contributed by atoms with Crippen LogP contribution in [0, 0.1) is 13.8 Å². The summed E-state index contributed by atoms with van der Waals surface area (Å²) in [6.07, 6.45) is 0.925. The first-order chi connectivity index (χ1) is 8.99. The Morgan fingerprint density at radius 3 is 2.47 bits per heavy atom. The average molecular weight is 265 g/mol. The molecule has 0 aliphatic carbocycles. The van der Waals surface area contributed by atoms with Crippen molar-refractivity contribution in [1.82, 2.24) is 15.3 Å². The maximum atomic E-state index is 11.8. The van der Waals surface area contributed by atoms with Crippen molar-refractivity contribution in [3.05, 3.63) is 11.4 Å². The number of amides is 1. The molecule has 6 heteroatoms. The number of anilines is 2. The molecule has 0 spiro atoms. The third-order valence-electron chi connectivity index (χ3n) is 2.79. The molecule has 0 aromatic carbocycles. The summed E-state index contributed by atoms with van der Waals surface area (Å²) in [5.41, 5.74) is 0.906. The molecule has 0 fully saturated rings. The van der Waals surface area contributed by atoms with Gasteiger partial charge in [0, 0.05) is 19.2 Å². The van der Waals surface area contributed by atoms with Crippen LogP contribution < -0.4 is 16.0 Å². The molecule has 0 saturated heterocycles. The number of carbonyl (C=O) groups is 1. The molecule has 3 N–H and O–H groups in total. The number of nitrogens with one attached hydrogen (secondary N) is 3. The van der Waals surface area contributed by atoms with Gasteiger partial charge in [0.25, 0.3) is 0 Å². The van der Waals surface area contributed by atoms with Crippen LogP contribution in [0.2, 0.25) is 0 Å². The highest BCUT2D eigenvalue weighted by atomic mass is 16.2. The van der Waals surface area contributed by atoms with Gasteiger partial charge in [-0.15, -0.1) is 0 Å². The minimum absolute atomic E-state index is 0.0245. The molecule has 1 atom stereocenters. The van der Waals surface area contributed by atoms with Crippen LogP contribution in [0.3, 0.4) is 0 Å². The summed E-state index contributed by atoms with van der Waals surface area (Å²) >= 11 is 0. The van der Waals surface area contributed by atoms with E-state index in [9.17, 15) is 4.79 Å². The van der Waals surface area contributed by atoms with E-state index in [1.165, 1.54) is 0 Å². The van der Waals surface area contributed by atoms with Crippen LogP contribution in [0.4, 0.5) is 11.6 Å². The van der Waals surface area contributed by atoms with Gasteiger partial charge in [0.1, 0.15) is 23.5 Å². The summed E-state index contributed by atoms with van der Waals surface area (Å²) < 4.78 is 0. The molecule has 1 aromatic heterocycles. The fourth-order valence-electron chi connectivity index (χ4n) is 1.68. The van der Waals surface area contributed by atoms with E-state index < -0.39 is 0 Å². The summed E-state index contributed by atoms with van der Waals surface area (Å²) in [4.78, 5) is 20.5. The van der Waals surface area contributed by atoms with Gasteiger partial charge in [0.05, 0.1) is 0 Å². The van der Waals surface area contributed by atoms with Crippen LogP contribution in [0.15, 0.2) is 0 Å². The normalized spacial score (nSPS) is 11.8. The number of nitrogens with zero attached hydrogens (tertiary/aromatic N) is 2. The molecule has 1 heterocycles. The van der Waals surface area contributed by atoms with Crippen molar-refractivity contribution in [2.45, 2.75) is 40.2 Å². The van der Waals surface area contributed by atoms with Gasteiger partial charge in [-0.3, -0.25) is 4.79 Å². The van der Waals surface area contributed by atoms with Crippen LogP contribution in [0.5, 0.6) is 0 Å². The van der Waals surface area contributed by atoms with Crippen LogP contribution >= 0.6 is 0 Å². The molecule has 6 nitrogen and oxygen atoms in total. The summed E-state index contributed by atoms with van der Waals surface area (Å²) in [6, 6.07) is -0.329. The van der Waals surface area contributed by atoms with Gasteiger partial charge < -0.3 is 16.0 Å². The molecule has 0 aliphatic heterocycles. The lowest BCUT2D eigenvalue weighted by Gasteiger charge is -2.17. The van der Waals surface area contributed by atoms with Gasteiger partial charge in [0.2, 0.25) is 5.91 Å². The van der Waals surface area contributed by atoms with Crippen LogP contribution in [-0.4, -0.2) is 35.5 Å². The summed E-state index contributed by atoms with van der Waals surface area (Å²) in [5.74, 6) is 2.11. The minimum Gasteiger partial charge on any atom is -0.373 e. The molecule has 1 rings (SSSR count). The van der Waals surface area contributed by atoms with E-state index in [2.05, 4.69) is 25.9 Å². The highest BCUT2D eigenvalue weighted by molar-refractivity contribution is 5.84. The second kappa shape index (κ2) is 6.92. The average Bonchev–Trinajstić information content (AvgIpc) is 2.39. The predicted molar refractivity (Wildman–Crippen MR) is 77.4 cm³/mol. The van der Waals surface area contributed by atoms with Crippen molar-refractivity contribution in [2.24, 2.45) is 0 Å². The summed E-state index contributed by atoms with van der Waals surface area (Å²) in [6.45, 7) is 8.28. The maximum absolute atomic E-state index is 11.8.